The lowest BCUT2D eigenvalue weighted by molar-refractivity contribution is -0.143. The minimum atomic E-state index is -0.826. The summed E-state index contributed by atoms with van der Waals surface area (Å²) in [6.45, 7) is 0.910. The molecule has 1 amide bonds. The smallest absolute Gasteiger partial charge is 0.308 e. The first-order chi connectivity index (χ1) is 8.09. The Morgan fingerprint density at radius 2 is 2.29 bits per heavy atom. The van der Waals surface area contributed by atoms with Crippen LogP contribution in [-0.2, 0) is 11.8 Å². The first kappa shape index (κ1) is 11.6. The molecule has 0 radical (unpaired) electrons. The fourth-order valence-electron chi connectivity index (χ4n) is 2.11. The van der Waals surface area contributed by atoms with Gasteiger partial charge in [-0.05, 0) is 18.9 Å². The molecule has 1 N–H and O–H groups in total. The topological polar surface area (TPSA) is 75.4 Å². The van der Waals surface area contributed by atoms with E-state index in [9.17, 15) is 9.59 Å². The van der Waals surface area contributed by atoms with Crippen molar-refractivity contribution in [3.63, 3.8) is 0 Å². The fourth-order valence-corrected chi connectivity index (χ4v) is 2.11. The van der Waals surface area contributed by atoms with Crippen LogP contribution >= 0.6 is 0 Å². The van der Waals surface area contributed by atoms with Gasteiger partial charge in [0.1, 0.15) is 5.69 Å². The van der Waals surface area contributed by atoms with Crippen LogP contribution < -0.4 is 0 Å². The number of piperidine rings is 1. The highest BCUT2D eigenvalue weighted by atomic mass is 16.4. The first-order valence-electron chi connectivity index (χ1n) is 5.59. The van der Waals surface area contributed by atoms with Gasteiger partial charge in [0.15, 0.2) is 0 Å². The van der Waals surface area contributed by atoms with Gasteiger partial charge in [-0.25, -0.2) is 0 Å². The van der Waals surface area contributed by atoms with Gasteiger partial charge in [0.25, 0.3) is 5.91 Å². The van der Waals surface area contributed by atoms with Gasteiger partial charge in [-0.2, -0.15) is 5.10 Å². The fraction of sp³-hybridized carbons (Fsp3) is 0.545. The van der Waals surface area contributed by atoms with Gasteiger partial charge >= 0.3 is 5.97 Å². The van der Waals surface area contributed by atoms with E-state index >= 15 is 0 Å². The Kier molecular flexibility index (Phi) is 3.12. The van der Waals surface area contributed by atoms with Crippen LogP contribution in [0, 0.1) is 5.92 Å². The van der Waals surface area contributed by atoms with E-state index in [4.69, 9.17) is 5.11 Å². The van der Waals surface area contributed by atoms with Crippen molar-refractivity contribution in [1.29, 1.82) is 0 Å². The molecule has 17 heavy (non-hydrogen) atoms. The zero-order valence-corrected chi connectivity index (χ0v) is 9.67. The number of carbonyl (C=O) groups excluding carboxylic acids is 1. The monoisotopic (exact) mass is 237 g/mol. The Labute approximate surface area is 98.8 Å². The summed E-state index contributed by atoms with van der Waals surface area (Å²) in [6, 6.07) is 1.65. The lowest BCUT2D eigenvalue weighted by Crippen LogP contribution is -2.42. The number of hydrogen-bond donors (Lipinski definition) is 1. The maximum absolute atomic E-state index is 12.1. The van der Waals surface area contributed by atoms with Crippen molar-refractivity contribution in [3.8, 4) is 0 Å². The van der Waals surface area contributed by atoms with Crippen molar-refractivity contribution in [3.05, 3.63) is 18.0 Å². The standard InChI is InChI=1S/C11H15N3O3/c1-13-9(4-5-12-13)10(15)14-6-2-3-8(7-14)11(16)17/h4-5,8H,2-3,6-7H2,1H3,(H,16,17). The van der Waals surface area contributed by atoms with Gasteiger partial charge in [0.05, 0.1) is 5.92 Å². The van der Waals surface area contributed by atoms with Crippen LogP contribution in [0.1, 0.15) is 23.3 Å². The number of aromatic nitrogens is 2. The molecule has 1 fully saturated rings. The molecule has 6 heteroatoms. The summed E-state index contributed by atoms with van der Waals surface area (Å²) in [5, 5.41) is 12.9. The molecule has 1 aromatic rings. The van der Waals surface area contributed by atoms with Crippen LogP contribution in [0.5, 0.6) is 0 Å². The van der Waals surface area contributed by atoms with Crippen molar-refractivity contribution in [2.45, 2.75) is 12.8 Å². The van der Waals surface area contributed by atoms with Crippen LogP contribution in [0.25, 0.3) is 0 Å². The summed E-state index contributed by atoms with van der Waals surface area (Å²) in [4.78, 5) is 24.6. The minimum absolute atomic E-state index is 0.143. The van der Waals surface area contributed by atoms with Crippen molar-refractivity contribution in [2.75, 3.05) is 13.1 Å². The highest BCUT2D eigenvalue weighted by Crippen LogP contribution is 2.18. The quantitative estimate of drug-likeness (QED) is 0.805. The minimum Gasteiger partial charge on any atom is -0.481 e. The number of carboxylic acid groups (broad SMARTS) is 1. The third-order valence-corrected chi connectivity index (χ3v) is 3.10. The van der Waals surface area contributed by atoms with Crippen LogP contribution in [0.4, 0.5) is 0 Å². The average Bonchev–Trinajstić information content (AvgIpc) is 2.74. The number of aliphatic carboxylic acids is 1. The highest BCUT2D eigenvalue weighted by Gasteiger charge is 2.29. The second-order valence-corrected chi connectivity index (χ2v) is 4.27. The number of hydrogen-bond acceptors (Lipinski definition) is 3. The van der Waals surface area contributed by atoms with Gasteiger partial charge < -0.3 is 10.0 Å². The third kappa shape index (κ3) is 2.30. The zero-order chi connectivity index (χ0) is 12.4. The number of likely N-dealkylation sites (tertiary alicyclic amines) is 1. The molecule has 0 spiro atoms. The van der Waals surface area contributed by atoms with E-state index < -0.39 is 11.9 Å². The number of carbonyl (C=O) groups is 2. The van der Waals surface area contributed by atoms with E-state index in [1.54, 1.807) is 24.2 Å². The lowest BCUT2D eigenvalue weighted by atomic mass is 9.98. The van der Waals surface area contributed by atoms with E-state index in [0.717, 1.165) is 6.42 Å². The summed E-state index contributed by atoms with van der Waals surface area (Å²) in [5.74, 6) is -1.41. The second kappa shape index (κ2) is 4.57. The van der Waals surface area contributed by atoms with Crippen molar-refractivity contribution < 1.29 is 14.7 Å². The molecule has 2 rings (SSSR count). The van der Waals surface area contributed by atoms with Crippen molar-refractivity contribution >= 4 is 11.9 Å². The summed E-state index contributed by atoms with van der Waals surface area (Å²) in [7, 11) is 1.70. The van der Waals surface area contributed by atoms with Gasteiger partial charge in [-0.1, -0.05) is 0 Å². The normalized spacial score (nSPS) is 20.3. The van der Waals surface area contributed by atoms with E-state index in [0.29, 0.717) is 25.2 Å². The van der Waals surface area contributed by atoms with E-state index in [1.165, 1.54) is 4.68 Å². The third-order valence-electron chi connectivity index (χ3n) is 3.10. The molecular weight excluding hydrogens is 222 g/mol. The van der Waals surface area contributed by atoms with E-state index in [-0.39, 0.29) is 5.91 Å². The average molecular weight is 237 g/mol. The molecule has 1 atom stereocenters. The van der Waals surface area contributed by atoms with Gasteiger partial charge in [-0.15, -0.1) is 0 Å². The Hall–Kier alpha value is -1.85. The van der Waals surface area contributed by atoms with Crippen molar-refractivity contribution in [1.82, 2.24) is 14.7 Å². The van der Waals surface area contributed by atoms with Gasteiger partial charge in [0.2, 0.25) is 0 Å². The zero-order valence-electron chi connectivity index (χ0n) is 9.67. The SMILES string of the molecule is Cn1nccc1C(=O)N1CCCC(C(=O)O)C1. The molecule has 6 nitrogen and oxygen atoms in total. The van der Waals surface area contributed by atoms with Gasteiger partial charge in [-0.3, -0.25) is 14.3 Å². The molecule has 1 aliphatic rings. The molecule has 0 saturated carbocycles. The van der Waals surface area contributed by atoms with Gasteiger partial charge in [0, 0.05) is 26.3 Å². The summed E-state index contributed by atoms with van der Waals surface area (Å²) < 4.78 is 1.51. The molecule has 0 bridgehead atoms. The number of nitrogens with zero attached hydrogens (tertiary/aromatic N) is 3. The molecule has 92 valence electrons. The number of aryl methyl sites for hydroxylation is 1. The molecular formula is C11H15N3O3. The maximum Gasteiger partial charge on any atom is 0.308 e. The molecule has 2 heterocycles. The molecule has 1 saturated heterocycles. The van der Waals surface area contributed by atoms with E-state index in [2.05, 4.69) is 5.10 Å². The first-order valence-corrected chi connectivity index (χ1v) is 5.59. The summed E-state index contributed by atoms with van der Waals surface area (Å²) in [5.41, 5.74) is 0.496. The number of carboxylic acids is 1. The maximum atomic E-state index is 12.1. The second-order valence-electron chi connectivity index (χ2n) is 4.27. The molecule has 1 aromatic heterocycles. The molecule has 1 unspecified atom stereocenters. The summed E-state index contributed by atoms with van der Waals surface area (Å²) in [6.07, 6.45) is 2.94. The van der Waals surface area contributed by atoms with Crippen LogP contribution in [0.3, 0.4) is 0 Å². The number of rotatable bonds is 2. The van der Waals surface area contributed by atoms with Crippen LogP contribution in [0.2, 0.25) is 0 Å². The lowest BCUT2D eigenvalue weighted by Gasteiger charge is -2.30. The molecule has 0 aromatic carbocycles. The Morgan fingerprint density at radius 1 is 1.53 bits per heavy atom. The Morgan fingerprint density at radius 3 is 2.88 bits per heavy atom. The predicted octanol–water partition coefficient (Wildman–Crippen LogP) is 0.357. The Balaban J connectivity index is 2.10. The number of amides is 1. The molecule has 0 aliphatic carbocycles. The molecule has 1 aliphatic heterocycles. The van der Waals surface area contributed by atoms with Crippen LogP contribution in [-0.4, -0.2) is 44.8 Å². The predicted molar refractivity (Wildman–Crippen MR) is 59.5 cm³/mol. The van der Waals surface area contributed by atoms with E-state index in [1.807, 2.05) is 0 Å². The van der Waals surface area contributed by atoms with Crippen molar-refractivity contribution in [2.24, 2.45) is 13.0 Å². The van der Waals surface area contributed by atoms with Crippen LogP contribution in [0.15, 0.2) is 12.3 Å². The largest absolute Gasteiger partial charge is 0.481 e. The Bertz CT molecular complexity index is 441. The summed E-state index contributed by atoms with van der Waals surface area (Å²) >= 11 is 0. The highest BCUT2D eigenvalue weighted by molar-refractivity contribution is 5.92.